The molecule has 0 fully saturated rings. The van der Waals surface area contributed by atoms with Crippen LogP contribution in [0.4, 0.5) is 11.6 Å². The van der Waals surface area contributed by atoms with Crippen LogP contribution in [0.1, 0.15) is 6.92 Å². The Hall–Kier alpha value is -1.98. The molecule has 82 valence electrons. The summed E-state index contributed by atoms with van der Waals surface area (Å²) in [6.45, 7) is 6.08. The number of nitrogens with two attached hydrogens (primary N) is 2. The van der Waals surface area contributed by atoms with E-state index in [2.05, 4.69) is 16.5 Å². The Morgan fingerprint density at radius 2 is 1.87 bits per heavy atom. The summed E-state index contributed by atoms with van der Waals surface area (Å²) in [6, 6.07) is 0. The van der Waals surface area contributed by atoms with Crippen molar-refractivity contribution < 1.29 is 9.47 Å². The van der Waals surface area contributed by atoms with Gasteiger partial charge in [-0.05, 0) is 6.92 Å². The highest BCUT2D eigenvalue weighted by Gasteiger charge is 2.12. The molecule has 0 aliphatic rings. The first-order valence-corrected chi connectivity index (χ1v) is 4.48. The van der Waals surface area contributed by atoms with Crippen LogP contribution in [0.25, 0.3) is 0 Å². The number of rotatable bonds is 5. The lowest BCUT2D eigenvalue weighted by atomic mass is 10.5. The van der Waals surface area contributed by atoms with Gasteiger partial charge in [0.25, 0.3) is 0 Å². The first-order chi connectivity index (χ1) is 7.19. The molecule has 0 saturated carbocycles. The van der Waals surface area contributed by atoms with Gasteiger partial charge in [0.1, 0.15) is 6.61 Å². The molecule has 1 heterocycles. The Bertz CT molecular complexity index is 354. The molecule has 4 N–H and O–H groups in total. The van der Waals surface area contributed by atoms with Crippen LogP contribution in [0.5, 0.6) is 11.8 Å². The van der Waals surface area contributed by atoms with Crippen molar-refractivity contribution in [3.05, 3.63) is 12.7 Å². The molecule has 1 aromatic rings. The van der Waals surface area contributed by atoms with Gasteiger partial charge in [0.2, 0.25) is 17.7 Å². The van der Waals surface area contributed by atoms with Crippen LogP contribution in [-0.4, -0.2) is 23.2 Å². The van der Waals surface area contributed by atoms with Crippen LogP contribution in [0.3, 0.4) is 0 Å². The minimum Gasteiger partial charge on any atom is -0.476 e. The molecular weight excluding hydrogens is 196 g/mol. The van der Waals surface area contributed by atoms with Gasteiger partial charge in [0, 0.05) is 0 Å². The van der Waals surface area contributed by atoms with E-state index in [1.807, 2.05) is 6.92 Å². The lowest BCUT2D eigenvalue weighted by molar-refractivity contribution is 0.317. The number of hydrogen-bond acceptors (Lipinski definition) is 6. The molecule has 1 rings (SSSR count). The average molecular weight is 210 g/mol. The predicted octanol–water partition coefficient (Wildman–Crippen LogP) is 0.605. The molecule has 0 aromatic carbocycles. The summed E-state index contributed by atoms with van der Waals surface area (Å²) in [5, 5.41) is 0. The maximum absolute atomic E-state index is 5.71. The summed E-state index contributed by atoms with van der Waals surface area (Å²) in [5.74, 6) is 0.515. The number of anilines is 2. The molecular formula is C9H14N4O2. The van der Waals surface area contributed by atoms with Gasteiger partial charge in [-0.2, -0.15) is 9.97 Å². The van der Waals surface area contributed by atoms with Crippen LogP contribution in [0, 0.1) is 0 Å². The monoisotopic (exact) mass is 210 g/mol. The highest BCUT2D eigenvalue weighted by atomic mass is 16.5. The second kappa shape index (κ2) is 5.04. The van der Waals surface area contributed by atoms with Gasteiger partial charge < -0.3 is 20.9 Å². The van der Waals surface area contributed by atoms with Gasteiger partial charge in [-0.15, -0.1) is 0 Å². The first kappa shape index (κ1) is 11.1. The molecule has 0 saturated heterocycles. The van der Waals surface area contributed by atoms with Crippen LogP contribution in [0.15, 0.2) is 12.7 Å². The van der Waals surface area contributed by atoms with E-state index in [4.69, 9.17) is 20.9 Å². The van der Waals surface area contributed by atoms with Crippen molar-refractivity contribution in [3.63, 3.8) is 0 Å². The van der Waals surface area contributed by atoms with Gasteiger partial charge >= 0.3 is 0 Å². The topological polar surface area (TPSA) is 96.3 Å². The lowest BCUT2D eigenvalue weighted by Crippen LogP contribution is -2.08. The van der Waals surface area contributed by atoms with E-state index >= 15 is 0 Å². The molecule has 6 heteroatoms. The summed E-state index contributed by atoms with van der Waals surface area (Å²) in [7, 11) is 0. The third-order valence-electron chi connectivity index (χ3n) is 1.51. The van der Waals surface area contributed by atoms with Gasteiger partial charge in [0.15, 0.2) is 5.69 Å². The largest absolute Gasteiger partial charge is 0.476 e. The second-order valence-corrected chi connectivity index (χ2v) is 2.64. The summed E-state index contributed by atoms with van der Waals surface area (Å²) >= 11 is 0. The van der Waals surface area contributed by atoms with E-state index in [1.165, 1.54) is 0 Å². The number of nitrogens with zero attached hydrogens (tertiary/aromatic N) is 2. The van der Waals surface area contributed by atoms with Crippen molar-refractivity contribution in [1.82, 2.24) is 9.97 Å². The average Bonchev–Trinajstić information content (AvgIpc) is 2.21. The number of ether oxygens (including phenoxy) is 2. The zero-order valence-electron chi connectivity index (χ0n) is 8.56. The molecule has 0 radical (unpaired) electrons. The molecule has 6 nitrogen and oxygen atoms in total. The molecule has 0 aliphatic carbocycles. The zero-order chi connectivity index (χ0) is 11.3. The molecule has 0 atom stereocenters. The van der Waals surface area contributed by atoms with E-state index < -0.39 is 0 Å². The normalized spacial score (nSPS) is 9.67. The minimum atomic E-state index is 0.0618. The van der Waals surface area contributed by atoms with Crippen LogP contribution >= 0.6 is 0 Å². The molecule has 15 heavy (non-hydrogen) atoms. The van der Waals surface area contributed by atoms with Crippen molar-refractivity contribution in [2.24, 2.45) is 0 Å². The van der Waals surface area contributed by atoms with Crippen LogP contribution in [0.2, 0.25) is 0 Å². The van der Waals surface area contributed by atoms with E-state index in [-0.39, 0.29) is 23.4 Å². The fraction of sp³-hybridized carbons (Fsp3) is 0.333. The fourth-order valence-electron chi connectivity index (χ4n) is 0.940. The van der Waals surface area contributed by atoms with Crippen molar-refractivity contribution in [1.29, 1.82) is 0 Å². The summed E-state index contributed by atoms with van der Waals surface area (Å²) in [4.78, 5) is 7.69. The van der Waals surface area contributed by atoms with E-state index in [1.54, 1.807) is 6.08 Å². The highest BCUT2D eigenvalue weighted by molar-refractivity contribution is 5.58. The van der Waals surface area contributed by atoms with Crippen molar-refractivity contribution in [3.8, 4) is 11.8 Å². The standard InChI is InChI=1S/C9H14N4O2/c1-3-5-15-8-6(10)7(14-4-2)12-9(11)13-8/h3H,1,4-5,10H2,2H3,(H2,11,12,13). The Balaban J connectivity index is 2.98. The van der Waals surface area contributed by atoms with E-state index in [0.717, 1.165) is 0 Å². The number of aromatic nitrogens is 2. The smallest absolute Gasteiger partial charge is 0.246 e. The van der Waals surface area contributed by atoms with Gasteiger partial charge in [-0.3, -0.25) is 0 Å². The minimum absolute atomic E-state index is 0.0618. The SMILES string of the molecule is C=CCOc1nc(N)nc(OCC)c1N. The molecule has 0 aliphatic heterocycles. The Kier molecular flexibility index (Phi) is 3.73. The Morgan fingerprint density at radius 1 is 1.27 bits per heavy atom. The summed E-state index contributed by atoms with van der Waals surface area (Å²) in [5.41, 5.74) is 11.4. The first-order valence-electron chi connectivity index (χ1n) is 4.48. The highest BCUT2D eigenvalue weighted by Crippen LogP contribution is 2.28. The summed E-state index contributed by atoms with van der Waals surface area (Å²) in [6.07, 6.45) is 1.58. The molecule has 1 aromatic heterocycles. The van der Waals surface area contributed by atoms with Crippen molar-refractivity contribution in [2.75, 3.05) is 24.7 Å². The quantitative estimate of drug-likeness (QED) is 0.691. The number of nitrogen functional groups attached to an aromatic ring is 2. The van der Waals surface area contributed by atoms with Crippen LogP contribution < -0.4 is 20.9 Å². The molecule has 0 unspecified atom stereocenters. The van der Waals surface area contributed by atoms with E-state index in [9.17, 15) is 0 Å². The van der Waals surface area contributed by atoms with E-state index in [0.29, 0.717) is 13.2 Å². The summed E-state index contributed by atoms with van der Waals surface area (Å²) < 4.78 is 10.4. The lowest BCUT2D eigenvalue weighted by Gasteiger charge is -2.10. The van der Waals surface area contributed by atoms with Gasteiger partial charge in [0.05, 0.1) is 6.61 Å². The third-order valence-corrected chi connectivity index (χ3v) is 1.51. The molecule has 0 bridgehead atoms. The van der Waals surface area contributed by atoms with Crippen LogP contribution in [-0.2, 0) is 0 Å². The fourth-order valence-corrected chi connectivity index (χ4v) is 0.940. The third kappa shape index (κ3) is 2.73. The van der Waals surface area contributed by atoms with Crippen molar-refractivity contribution in [2.45, 2.75) is 6.92 Å². The molecule has 0 spiro atoms. The maximum atomic E-state index is 5.71. The second-order valence-electron chi connectivity index (χ2n) is 2.64. The zero-order valence-corrected chi connectivity index (χ0v) is 8.56. The molecule has 0 amide bonds. The maximum Gasteiger partial charge on any atom is 0.246 e. The van der Waals surface area contributed by atoms with Gasteiger partial charge in [-0.1, -0.05) is 12.7 Å². The van der Waals surface area contributed by atoms with Crippen molar-refractivity contribution >= 4 is 11.6 Å². The number of hydrogen-bond donors (Lipinski definition) is 2. The Morgan fingerprint density at radius 3 is 2.40 bits per heavy atom. The van der Waals surface area contributed by atoms with Gasteiger partial charge in [-0.25, -0.2) is 0 Å². The Labute approximate surface area is 87.9 Å². The predicted molar refractivity (Wildman–Crippen MR) is 57.7 cm³/mol.